The molecule has 0 N–H and O–H groups in total. The Morgan fingerprint density at radius 1 is 1.47 bits per heavy atom. The van der Waals surface area contributed by atoms with Gasteiger partial charge in [-0.15, -0.1) is 11.3 Å². The average molecular weight is 269 g/mol. The van der Waals surface area contributed by atoms with Crippen LogP contribution in [0, 0.1) is 13.8 Å². The zero-order chi connectivity index (χ0) is 12.6. The average Bonchev–Trinajstić information content (AvgIpc) is 2.79. The van der Waals surface area contributed by atoms with Gasteiger partial charge in [0, 0.05) is 23.9 Å². The van der Waals surface area contributed by atoms with Gasteiger partial charge in [-0.1, -0.05) is 11.6 Å². The van der Waals surface area contributed by atoms with Gasteiger partial charge in [0.05, 0.1) is 10.6 Å². The van der Waals surface area contributed by atoms with Crippen LogP contribution in [-0.2, 0) is 13.5 Å². The number of halogens is 1. The third-order valence-electron chi connectivity index (χ3n) is 2.62. The Balaban J connectivity index is 2.24. The molecular weight excluding hydrogens is 256 g/mol. The van der Waals surface area contributed by atoms with E-state index in [1.54, 1.807) is 11.7 Å². The summed E-state index contributed by atoms with van der Waals surface area (Å²) in [5, 5.41) is 4.74. The van der Waals surface area contributed by atoms with E-state index in [1.807, 2.05) is 26.0 Å². The normalized spacial score (nSPS) is 10.8. The van der Waals surface area contributed by atoms with Crippen LogP contribution in [0.3, 0.4) is 0 Å². The second-order valence-electron chi connectivity index (χ2n) is 3.99. The summed E-state index contributed by atoms with van der Waals surface area (Å²) >= 11 is 7.62. The van der Waals surface area contributed by atoms with E-state index >= 15 is 0 Å². The Labute approximate surface area is 109 Å². The molecule has 17 heavy (non-hydrogen) atoms. The van der Waals surface area contributed by atoms with Crippen molar-refractivity contribution in [1.29, 1.82) is 0 Å². The lowest BCUT2D eigenvalue weighted by Gasteiger charge is -1.98. The first-order valence-electron chi connectivity index (χ1n) is 5.26. The first-order valence-corrected chi connectivity index (χ1v) is 6.46. The SMILES string of the molecule is Cc1ccc(C(=O)Cc2c(C)nn(C)c2Cl)s1. The van der Waals surface area contributed by atoms with Crippen molar-refractivity contribution in [2.24, 2.45) is 7.05 Å². The van der Waals surface area contributed by atoms with Crippen LogP contribution in [0.2, 0.25) is 5.15 Å². The van der Waals surface area contributed by atoms with Crippen molar-refractivity contribution < 1.29 is 4.79 Å². The molecule has 0 radical (unpaired) electrons. The van der Waals surface area contributed by atoms with E-state index in [4.69, 9.17) is 11.6 Å². The fraction of sp³-hybridized carbons (Fsp3) is 0.333. The molecule has 0 aliphatic carbocycles. The molecule has 0 aromatic carbocycles. The van der Waals surface area contributed by atoms with Crippen LogP contribution in [0.1, 0.15) is 25.8 Å². The van der Waals surface area contributed by atoms with E-state index in [2.05, 4.69) is 5.10 Å². The lowest BCUT2D eigenvalue weighted by Crippen LogP contribution is -2.02. The molecule has 2 aromatic heterocycles. The monoisotopic (exact) mass is 268 g/mol. The van der Waals surface area contributed by atoms with Crippen molar-refractivity contribution in [3.05, 3.63) is 38.3 Å². The Morgan fingerprint density at radius 2 is 2.18 bits per heavy atom. The van der Waals surface area contributed by atoms with E-state index in [0.717, 1.165) is 21.0 Å². The molecule has 0 aliphatic rings. The second kappa shape index (κ2) is 4.63. The highest BCUT2D eigenvalue weighted by Crippen LogP contribution is 2.23. The van der Waals surface area contributed by atoms with E-state index < -0.39 is 0 Å². The van der Waals surface area contributed by atoms with Crippen LogP contribution in [0.4, 0.5) is 0 Å². The van der Waals surface area contributed by atoms with Crippen molar-refractivity contribution in [2.75, 3.05) is 0 Å². The van der Waals surface area contributed by atoms with Gasteiger partial charge in [0.25, 0.3) is 0 Å². The largest absolute Gasteiger partial charge is 0.293 e. The number of aryl methyl sites for hydroxylation is 3. The molecule has 2 aromatic rings. The molecule has 2 heterocycles. The van der Waals surface area contributed by atoms with Crippen LogP contribution in [0.25, 0.3) is 0 Å². The molecule has 0 saturated carbocycles. The summed E-state index contributed by atoms with van der Waals surface area (Å²) in [5.74, 6) is 0.0982. The number of nitrogens with zero attached hydrogens (tertiary/aromatic N) is 2. The van der Waals surface area contributed by atoms with Crippen molar-refractivity contribution in [3.8, 4) is 0 Å². The molecule has 0 atom stereocenters. The van der Waals surface area contributed by atoms with Crippen molar-refractivity contribution in [3.63, 3.8) is 0 Å². The minimum atomic E-state index is 0.0982. The topological polar surface area (TPSA) is 34.9 Å². The predicted octanol–water partition coefficient (Wildman–Crippen LogP) is 3.18. The Morgan fingerprint density at radius 3 is 2.65 bits per heavy atom. The summed E-state index contributed by atoms with van der Waals surface area (Å²) in [5.41, 5.74) is 1.64. The molecule has 90 valence electrons. The van der Waals surface area contributed by atoms with Crippen LogP contribution in [-0.4, -0.2) is 15.6 Å². The molecular formula is C12H13ClN2OS. The van der Waals surface area contributed by atoms with Crippen LogP contribution >= 0.6 is 22.9 Å². The van der Waals surface area contributed by atoms with Crippen molar-refractivity contribution in [2.45, 2.75) is 20.3 Å². The number of Topliss-reactive ketones (excluding diaryl/α,β-unsaturated/α-hetero) is 1. The maximum atomic E-state index is 12.1. The molecule has 0 fully saturated rings. The number of thiophene rings is 1. The molecule has 0 spiro atoms. The number of aromatic nitrogens is 2. The number of carbonyl (C=O) groups excluding carboxylic acids is 1. The quantitative estimate of drug-likeness (QED) is 0.802. The molecule has 0 unspecified atom stereocenters. The summed E-state index contributed by atoms with van der Waals surface area (Å²) in [6.45, 7) is 3.86. The molecule has 0 aliphatic heterocycles. The van der Waals surface area contributed by atoms with E-state index in [-0.39, 0.29) is 5.78 Å². The minimum Gasteiger partial charge on any atom is -0.293 e. The summed E-state index contributed by atoms with van der Waals surface area (Å²) in [6.07, 6.45) is 0.318. The van der Waals surface area contributed by atoms with E-state index in [9.17, 15) is 4.79 Å². The van der Waals surface area contributed by atoms with Gasteiger partial charge < -0.3 is 0 Å². The summed E-state index contributed by atoms with van der Waals surface area (Å²) in [6, 6.07) is 3.82. The highest BCUT2D eigenvalue weighted by molar-refractivity contribution is 7.14. The predicted molar refractivity (Wildman–Crippen MR) is 70.0 cm³/mol. The number of ketones is 1. The third kappa shape index (κ3) is 2.42. The van der Waals surface area contributed by atoms with Crippen molar-refractivity contribution in [1.82, 2.24) is 9.78 Å². The van der Waals surface area contributed by atoms with E-state index in [0.29, 0.717) is 11.6 Å². The third-order valence-corrected chi connectivity index (χ3v) is 4.14. The minimum absolute atomic E-state index is 0.0982. The zero-order valence-electron chi connectivity index (χ0n) is 9.95. The lowest BCUT2D eigenvalue weighted by molar-refractivity contribution is 0.0996. The van der Waals surface area contributed by atoms with Crippen molar-refractivity contribution >= 4 is 28.7 Å². The van der Waals surface area contributed by atoms with Gasteiger partial charge in [-0.3, -0.25) is 9.48 Å². The summed E-state index contributed by atoms with van der Waals surface area (Å²) < 4.78 is 1.60. The fourth-order valence-corrected chi connectivity index (χ4v) is 2.75. The number of hydrogen-bond donors (Lipinski definition) is 0. The number of carbonyl (C=O) groups is 1. The molecule has 0 saturated heterocycles. The van der Waals surface area contributed by atoms with Crippen LogP contribution in [0.15, 0.2) is 12.1 Å². The fourth-order valence-electron chi connectivity index (χ4n) is 1.71. The zero-order valence-corrected chi connectivity index (χ0v) is 11.5. The van der Waals surface area contributed by atoms with Gasteiger partial charge in [-0.05, 0) is 26.0 Å². The molecule has 5 heteroatoms. The van der Waals surface area contributed by atoms with Gasteiger partial charge >= 0.3 is 0 Å². The summed E-state index contributed by atoms with van der Waals surface area (Å²) in [4.78, 5) is 14.0. The van der Waals surface area contributed by atoms with Gasteiger partial charge in [0.1, 0.15) is 5.15 Å². The smallest absolute Gasteiger partial charge is 0.177 e. The lowest BCUT2D eigenvalue weighted by atomic mass is 10.1. The summed E-state index contributed by atoms with van der Waals surface area (Å²) in [7, 11) is 1.78. The van der Waals surface area contributed by atoms with Gasteiger partial charge in [0.2, 0.25) is 0 Å². The first kappa shape index (κ1) is 12.3. The van der Waals surface area contributed by atoms with Crippen LogP contribution < -0.4 is 0 Å². The molecule has 0 amide bonds. The Bertz CT molecular complexity index is 571. The number of hydrogen-bond acceptors (Lipinski definition) is 3. The Kier molecular flexibility index (Phi) is 3.35. The standard InChI is InChI=1S/C12H13ClN2OS/c1-7-4-5-11(17-7)10(16)6-9-8(2)14-15(3)12(9)13/h4-5H,6H2,1-3H3. The van der Waals surface area contributed by atoms with Gasteiger partial charge in [-0.25, -0.2) is 0 Å². The Hall–Kier alpha value is -1.13. The molecule has 2 rings (SSSR count). The maximum Gasteiger partial charge on any atom is 0.177 e. The van der Waals surface area contributed by atoms with Crippen LogP contribution in [0.5, 0.6) is 0 Å². The molecule has 3 nitrogen and oxygen atoms in total. The van der Waals surface area contributed by atoms with E-state index in [1.165, 1.54) is 11.3 Å². The number of rotatable bonds is 3. The van der Waals surface area contributed by atoms with Gasteiger partial charge in [0.15, 0.2) is 5.78 Å². The second-order valence-corrected chi connectivity index (χ2v) is 5.63. The van der Waals surface area contributed by atoms with Gasteiger partial charge in [-0.2, -0.15) is 5.10 Å². The highest BCUT2D eigenvalue weighted by atomic mass is 35.5. The first-order chi connectivity index (χ1) is 7.99. The maximum absolute atomic E-state index is 12.1. The molecule has 0 bridgehead atoms. The highest BCUT2D eigenvalue weighted by Gasteiger charge is 2.16.